The molecule has 0 bridgehead atoms. The first-order chi connectivity index (χ1) is 7.84. The summed E-state index contributed by atoms with van der Waals surface area (Å²) in [7, 11) is 0. The van der Waals surface area contributed by atoms with Crippen LogP contribution in [0.4, 0.5) is 0 Å². The number of rotatable bonds is 1. The van der Waals surface area contributed by atoms with Crippen molar-refractivity contribution in [3.63, 3.8) is 0 Å². The van der Waals surface area contributed by atoms with Gasteiger partial charge in [0.15, 0.2) is 0 Å². The average molecular weight is 236 g/mol. The number of piperazine rings is 1. The molecule has 1 amide bonds. The van der Waals surface area contributed by atoms with Crippen LogP contribution in [0.2, 0.25) is 0 Å². The third kappa shape index (κ3) is 1.76. The molecule has 3 nitrogen and oxygen atoms in total. The molecule has 3 rings (SSSR count). The van der Waals surface area contributed by atoms with Crippen LogP contribution < -0.4 is 5.32 Å². The molecule has 0 saturated carbocycles. The molecule has 1 aliphatic heterocycles. The summed E-state index contributed by atoms with van der Waals surface area (Å²) in [6.45, 7) is 3.55. The SMILES string of the molecule is O=C(c1cc2c(s1)CCC2)N1CCNCC1. The van der Waals surface area contributed by atoms with E-state index in [9.17, 15) is 4.79 Å². The highest BCUT2D eigenvalue weighted by molar-refractivity contribution is 7.14. The van der Waals surface area contributed by atoms with Crippen LogP contribution in [-0.2, 0) is 12.8 Å². The fraction of sp³-hybridized carbons (Fsp3) is 0.583. The lowest BCUT2D eigenvalue weighted by Crippen LogP contribution is -2.46. The number of aryl methyl sites for hydroxylation is 2. The van der Waals surface area contributed by atoms with Crippen molar-refractivity contribution < 1.29 is 4.79 Å². The Morgan fingerprint density at radius 3 is 2.88 bits per heavy atom. The lowest BCUT2D eigenvalue weighted by Gasteiger charge is -2.26. The summed E-state index contributed by atoms with van der Waals surface area (Å²) in [5, 5.41) is 3.27. The predicted octanol–water partition coefficient (Wildman–Crippen LogP) is 1.28. The minimum atomic E-state index is 0.237. The number of thiophene rings is 1. The van der Waals surface area contributed by atoms with Gasteiger partial charge in [0.25, 0.3) is 5.91 Å². The zero-order chi connectivity index (χ0) is 11.0. The van der Waals surface area contributed by atoms with Gasteiger partial charge < -0.3 is 10.2 Å². The van der Waals surface area contributed by atoms with E-state index in [2.05, 4.69) is 11.4 Å². The molecule has 2 aliphatic rings. The maximum atomic E-state index is 12.2. The Bertz CT molecular complexity index is 386. The van der Waals surface area contributed by atoms with E-state index in [4.69, 9.17) is 0 Å². The van der Waals surface area contributed by atoms with Crippen LogP contribution in [0.15, 0.2) is 6.07 Å². The van der Waals surface area contributed by atoms with Crippen molar-refractivity contribution in [3.8, 4) is 0 Å². The summed E-state index contributed by atoms with van der Waals surface area (Å²) in [4.78, 5) is 16.6. The molecule has 86 valence electrons. The van der Waals surface area contributed by atoms with Crippen molar-refractivity contribution in [1.82, 2.24) is 10.2 Å². The maximum absolute atomic E-state index is 12.2. The second-order valence-corrected chi connectivity index (χ2v) is 5.59. The molecule has 4 heteroatoms. The third-order valence-corrected chi connectivity index (χ3v) is 4.59. The maximum Gasteiger partial charge on any atom is 0.264 e. The summed E-state index contributed by atoms with van der Waals surface area (Å²) in [5.74, 6) is 0.237. The molecule has 1 N–H and O–H groups in total. The highest BCUT2D eigenvalue weighted by atomic mass is 32.1. The smallest absolute Gasteiger partial charge is 0.264 e. The highest BCUT2D eigenvalue weighted by Gasteiger charge is 2.23. The zero-order valence-electron chi connectivity index (χ0n) is 9.29. The van der Waals surface area contributed by atoms with Gasteiger partial charge in [-0.1, -0.05) is 0 Å². The molecular weight excluding hydrogens is 220 g/mol. The first-order valence-corrected chi connectivity index (χ1v) is 6.78. The number of hydrogen-bond acceptors (Lipinski definition) is 3. The van der Waals surface area contributed by atoms with Crippen molar-refractivity contribution in [2.24, 2.45) is 0 Å². The molecular formula is C12H16N2OS. The lowest BCUT2D eigenvalue weighted by molar-refractivity contribution is 0.0740. The molecule has 16 heavy (non-hydrogen) atoms. The average Bonchev–Trinajstić information content (AvgIpc) is 2.89. The van der Waals surface area contributed by atoms with Crippen molar-refractivity contribution >= 4 is 17.2 Å². The molecule has 1 aromatic heterocycles. The molecule has 0 radical (unpaired) electrons. The van der Waals surface area contributed by atoms with Gasteiger partial charge >= 0.3 is 0 Å². The second kappa shape index (κ2) is 4.18. The molecule has 0 spiro atoms. The molecule has 1 fully saturated rings. The first kappa shape index (κ1) is 10.3. The minimum Gasteiger partial charge on any atom is -0.335 e. The molecule has 1 aliphatic carbocycles. The number of fused-ring (bicyclic) bond motifs is 1. The van der Waals surface area contributed by atoms with Gasteiger partial charge in [0.1, 0.15) is 0 Å². The van der Waals surface area contributed by atoms with E-state index in [1.165, 1.54) is 29.7 Å². The van der Waals surface area contributed by atoms with Gasteiger partial charge in [-0.15, -0.1) is 11.3 Å². The van der Waals surface area contributed by atoms with Crippen LogP contribution in [0.1, 0.15) is 26.5 Å². The van der Waals surface area contributed by atoms with Gasteiger partial charge in [0.05, 0.1) is 4.88 Å². The van der Waals surface area contributed by atoms with Crippen LogP contribution in [0.3, 0.4) is 0 Å². The van der Waals surface area contributed by atoms with E-state index < -0.39 is 0 Å². The van der Waals surface area contributed by atoms with Crippen LogP contribution in [-0.4, -0.2) is 37.0 Å². The zero-order valence-corrected chi connectivity index (χ0v) is 10.1. The summed E-state index contributed by atoms with van der Waals surface area (Å²) < 4.78 is 0. The molecule has 1 aromatic rings. The van der Waals surface area contributed by atoms with Crippen molar-refractivity contribution in [1.29, 1.82) is 0 Å². The Morgan fingerprint density at radius 2 is 2.12 bits per heavy atom. The van der Waals surface area contributed by atoms with Gasteiger partial charge in [-0.25, -0.2) is 0 Å². The monoisotopic (exact) mass is 236 g/mol. The van der Waals surface area contributed by atoms with E-state index in [-0.39, 0.29) is 5.91 Å². The largest absolute Gasteiger partial charge is 0.335 e. The number of carbonyl (C=O) groups excluding carboxylic acids is 1. The number of nitrogens with one attached hydrogen (secondary N) is 1. The molecule has 2 heterocycles. The van der Waals surface area contributed by atoms with Crippen LogP contribution >= 0.6 is 11.3 Å². The van der Waals surface area contributed by atoms with Crippen LogP contribution in [0.25, 0.3) is 0 Å². The summed E-state index contributed by atoms with van der Waals surface area (Å²) >= 11 is 1.71. The standard InChI is InChI=1S/C12H16N2OS/c15-12(14-6-4-13-5-7-14)11-8-9-2-1-3-10(9)16-11/h8,13H,1-7H2. The fourth-order valence-electron chi connectivity index (χ4n) is 2.46. The number of carbonyl (C=O) groups is 1. The quantitative estimate of drug-likeness (QED) is 0.796. The Morgan fingerprint density at radius 1 is 1.31 bits per heavy atom. The normalized spacial score (nSPS) is 19.9. The topological polar surface area (TPSA) is 32.3 Å². The summed E-state index contributed by atoms with van der Waals surface area (Å²) in [6, 6.07) is 2.12. The Balaban J connectivity index is 1.78. The Kier molecular flexibility index (Phi) is 2.69. The Labute approximate surface area is 99.5 Å². The van der Waals surface area contributed by atoms with E-state index >= 15 is 0 Å². The lowest BCUT2D eigenvalue weighted by atomic mass is 10.2. The fourth-order valence-corrected chi connectivity index (χ4v) is 3.68. The number of hydrogen-bond donors (Lipinski definition) is 1. The molecule has 0 unspecified atom stereocenters. The molecule has 0 aromatic carbocycles. The van der Waals surface area contributed by atoms with Gasteiger partial charge in [0.2, 0.25) is 0 Å². The highest BCUT2D eigenvalue weighted by Crippen LogP contribution is 2.31. The summed E-state index contributed by atoms with van der Waals surface area (Å²) in [5.41, 5.74) is 1.42. The van der Waals surface area contributed by atoms with E-state index in [1.54, 1.807) is 11.3 Å². The third-order valence-electron chi connectivity index (χ3n) is 3.36. The Hall–Kier alpha value is -0.870. The number of nitrogens with zero attached hydrogens (tertiary/aromatic N) is 1. The van der Waals surface area contributed by atoms with Gasteiger partial charge in [-0.05, 0) is 30.9 Å². The molecule has 0 atom stereocenters. The first-order valence-electron chi connectivity index (χ1n) is 5.96. The van der Waals surface area contributed by atoms with E-state index in [0.717, 1.165) is 31.1 Å². The van der Waals surface area contributed by atoms with E-state index in [0.29, 0.717) is 0 Å². The van der Waals surface area contributed by atoms with Gasteiger partial charge in [0, 0.05) is 31.1 Å². The van der Waals surface area contributed by atoms with Crippen molar-refractivity contribution in [2.75, 3.05) is 26.2 Å². The van der Waals surface area contributed by atoms with Crippen LogP contribution in [0.5, 0.6) is 0 Å². The predicted molar refractivity (Wildman–Crippen MR) is 65.1 cm³/mol. The second-order valence-electron chi connectivity index (χ2n) is 4.45. The molecule has 1 saturated heterocycles. The summed E-state index contributed by atoms with van der Waals surface area (Å²) in [6.07, 6.45) is 3.61. The van der Waals surface area contributed by atoms with Crippen molar-refractivity contribution in [3.05, 3.63) is 21.4 Å². The minimum absolute atomic E-state index is 0.237. The van der Waals surface area contributed by atoms with Gasteiger partial charge in [-0.3, -0.25) is 4.79 Å². The van der Waals surface area contributed by atoms with E-state index in [1.807, 2.05) is 4.90 Å². The van der Waals surface area contributed by atoms with Crippen LogP contribution in [0, 0.1) is 0 Å². The van der Waals surface area contributed by atoms with Gasteiger partial charge in [-0.2, -0.15) is 0 Å². The van der Waals surface area contributed by atoms with Crippen molar-refractivity contribution in [2.45, 2.75) is 19.3 Å². The number of amides is 1.